The fourth-order valence-corrected chi connectivity index (χ4v) is 1.81. The fourth-order valence-electron chi connectivity index (χ4n) is 1.81. The van der Waals surface area contributed by atoms with Gasteiger partial charge < -0.3 is 5.32 Å². The molecule has 2 rings (SSSR count). The quantitative estimate of drug-likeness (QED) is 0.871. The summed E-state index contributed by atoms with van der Waals surface area (Å²) < 4.78 is 40.8. The van der Waals surface area contributed by atoms with Gasteiger partial charge in [-0.25, -0.2) is 8.78 Å². The van der Waals surface area contributed by atoms with Gasteiger partial charge in [-0.1, -0.05) is 0 Å². The summed E-state index contributed by atoms with van der Waals surface area (Å²) in [4.78, 5) is 3.20. The van der Waals surface area contributed by atoms with Crippen LogP contribution in [-0.2, 0) is 13.6 Å². The summed E-state index contributed by atoms with van der Waals surface area (Å²) in [6.07, 6.45) is 0. The normalized spacial score (nSPS) is 10.8. The first-order valence-electron chi connectivity index (χ1n) is 5.64. The first-order valence-corrected chi connectivity index (χ1v) is 5.64. The van der Waals surface area contributed by atoms with Crippen LogP contribution in [0, 0.1) is 31.4 Å². The Morgan fingerprint density at radius 2 is 1.89 bits per heavy atom. The average molecular weight is 270 g/mol. The Kier molecular flexibility index (Phi) is 3.46. The maximum atomic E-state index is 13.4. The number of anilines is 1. The molecule has 1 N–H and O–H groups in total. The fraction of sp³-hybridized carbons (Fsp3) is 0.333. The van der Waals surface area contributed by atoms with E-state index in [2.05, 4.69) is 15.4 Å². The van der Waals surface area contributed by atoms with Gasteiger partial charge in [-0.15, -0.1) is 0 Å². The number of hydrogen-bond donors (Lipinski definition) is 1. The first kappa shape index (κ1) is 13.4. The second kappa shape index (κ2) is 4.91. The van der Waals surface area contributed by atoms with E-state index in [0.29, 0.717) is 6.07 Å². The molecule has 0 spiro atoms. The lowest BCUT2D eigenvalue weighted by Crippen LogP contribution is -2.07. The predicted octanol–water partition coefficient (Wildman–Crippen LogP) is 2.46. The van der Waals surface area contributed by atoms with Crippen LogP contribution in [-0.4, -0.2) is 14.8 Å². The molecule has 2 aromatic heterocycles. The Balaban J connectivity index is 2.21. The van der Waals surface area contributed by atoms with Crippen LogP contribution in [0.1, 0.15) is 17.0 Å². The summed E-state index contributed by atoms with van der Waals surface area (Å²) in [6, 6.07) is 0.466. The summed E-state index contributed by atoms with van der Waals surface area (Å²) in [5.74, 6) is -3.89. The maximum Gasteiger partial charge on any atom is 0.251 e. The lowest BCUT2D eigenvalue weighted by molar-refractivity contribution is 0.466. The molecule has 4 nitrogen and oxygen atoms in total. The highest BCUT2D eigenvalue weighted by atomic mass is 19.2. The Labute approximate surface area is 108 Å². The van der Waals surface area contributed by atoms with Crippen molar-refractivity contribution in [3.63, 3.8) is 0 Å². The van der Waals surface area contributed by atoms with Crippen molar-refractivity contribution in [3.05, 3.63) is 40.6 Å². The summed E-state index contributed by atoms with van der Waals surface area (Å²) in [5.41, 5.74) is 2.57. The topological polar surface area (TPSA) is 42.7 Å². The van der Waals surface area contributed by atoms with E-state index in [-0.39, 0.29) is 12.4 Å². The number of nitrogens with zero attached hydrogens (tertiary/aromatic N) is 3. The molecule has 7 heteroatoms. The highest BCUT2D eigenvalue weighted by Crippen LogP contribution is 2.17. The molecule has 0 saturated carbocycles. The van der Waals surface area contributed by atoms with Crippen LogP contribution in [0.4, 0.5) is 19.0 Å². The van der Waals surface area contributed by atoms with Gasteiger partial charge in [0.05, 0.1) is 5.69 Å². The number of rotatable bonds is 3. The molecular weight excluding hydrogens is 257 g/mol. The van der Waals surface area contributed by atoms with Gasteiger partial charge in [0, 0.05) is 30.9 Å². The molecular formula is C12H13F3N4. The molecule has 2 heterocycles. The van der Waals surface area contributed by atoms with Crippen LogP contribution in [0.2, 0.25) is 0 Å². The molecule has 0 unspecified atom stereocenters. The lowest BCUT2D eigenvalue weighted by atomic mass is 10.2. The van der Waals surface area contributed by atoms with Crippen molar-refractivity contribution in [2.24, 2.45) is 7.05 Å². The van der Waals surface area contributed by atoms with Crippen LogP contribution in [0.5, 0.6) is 0 Å². The van der Waals surface area contributed by atoms with Crippen molar-refractivity contribution < 1.29 is 13.2 Å². The van der Waals surface area contributed by atoms with Gasteiger partial charge >= 0.3 is 0 Å². The Morgan fingerprint density at radius 3 is 2.47 bits per heavy atom. The molecule has 0 aromatic carbocycles. The molecule has 0 aliphatic heterocycles. The number of aryl methyl sites for hydroxylation is 2. The molecule has 2 aromatic rings. The van der Waals surface area contributed by atoms with Gasteiger partial charge in [0.2, 0.25) is 0 Å². The summed E-state index contributed by atoms with van der Waals surface area (Å²) in [5, 5.41) is 6.85. The minimum Gasteiger partial charge on any atom is -0.363 e. The highest BCUT2D eigenvalue weighted by Gasteiger charge is 2.13. The number of halogens is 3. The van der Waals surface area contributed by atoms with E-state index in [0.717, 1.165) is 17.0 Å². The van der Waals surface area contributed by atoms with E-state index in [1.807, 2.05) is 13.8 Å². The molecule has 0 fully saturated rings. The van der Waals surface area contributed by atoms with Crippen molar-refractivity contribution in [1.29, 1.82) is 0 Å². The molecule has 0 atom stereocenters. The van der Waals surface area contributed by atoms with Crippen molar-refractivity contribution in [1.82, 2.24) is 14.8 Å². The molecule has 0 aliphatic carbocycles. The molecule has 0 bridgehead atoms. The molecule has 19 heavy (non-hydrogen) atoms. The minimum absolute atomic E-state index is 0.237. The molecule has 0 aliphatic rings. The van der Waals surface area contributed by atoms with E-state index in [1.54, 1.807) is 11.7 Å². The van der Waals surface area contributed by atoms with Gasteiger partial charge in [-0.05, 0) is 13.8 Å². The molecule has 0 saturated heterocycles. The number of pyridine rings is 1. The second-order valence-electron chi connectivity index (χ2n) is 4.22. The zero-order valence-electron chi connectivity index (χ0n) is 10.8. The first-order chi connectivity index (χ1) is 8.90. The zero-order chi connectivity index (χ0) is 14.2. The minimum atomic E-state index is -1.33. The highest BCUT2D eigenvalue weighted by molar-refractivity contribution is 5.38. The number of hydrogen-bond acceptors (Lipinski definition) is 3. The van der Waals surface area contributed by atoms with E-state index < -0.39 is 17.6 Å². The lowest BCUT2D eigenvalue weighted by Gasteiger charge is -2.07. The third-order valence-electron chi connectivity index (χ3n) is 2.98. The molecule has 102 valence electrons. The van der Waals surface area contributed by atoms with E-state index >= 15 is 0 Å². The smallest absolute Gasteiger partial charge is 0.251 e. The molecule has 0 amide bonds. The van der Waals surface area contributed by atoms with Crippen molar-refractivity contribution in [2.45, 2.75) is 20.4 Å². The Morgan fingerprint density at radius 1 is 1.21 bits per heavy atom. The summed E-state index contributed by atoms with van der Waals surface area (Å²) in [7, 11) is 1.79. The van der Waals surface area contributed by atoms with Gasteiger partial charge in [0.1, 0.15) is 0 Å². The second-order valence-corrected chi connectivity index (χ2v) is 4.22. The Hall–Kier alpha value is -2.05. The van der Waals surface area contributed by atoms with E-state index in [9.17, 15) is 13.2 Å². The van der Waals surface area contributed by atoms with E-state index in [1.165, 1.54) is 0 Å². The van der Waals surface area contributed by atoms with Crippen LogP contribution in [0.15, 0.2) is 6.07 Å². The van der Waals surface area contributed by atoms with Crippen molar-refractivity contribution in [3.8, 4) is 0 Å². The monoisotopic (exact) mass is 270 g/mol. The molecule has 0 radical (unpaired) electrons. The average Bonchev–Trinajstić information content (AvgIpc) is 2.57. The van der Waals surface area contributed by atoms with Crippen LogP contribution in [0.25, 0.3) is 0 Å². The predicted molar refractivity (Wildman–Crippen MR) is 64.1 cm³/mol. The van der Waals surface area contributed by atoms with Gasteiger partial charge in [-0.2, -0.15) is 14.5 Å². The zero-order valence-corrected chi connectivity index (χ0v) is 10.8. The van der Waals surface area contributed by atoms with Gasteiger partial charge in [-0.3, -0.25) is 4.68 Å². The summed E-state index contributed by atoms with van der Waals surface area (Å²) in [6.45, 7) is 3.92. The SMILES string of the molecule is Cc1nn(C)c(C)c1CNc1nc(F)c(F)cc1F. The third-order valence-corrected chi connectivity index (χ3v) is 2.98. The maximum absolute atomic E-state index is 13.4. The standard InChI is InChI=1S/C12H13F3N4/c1-6-8(7(2)19(3)18-6)5-16-12-10(14)4-9(13)11(15)17-12/h4H,5H2,1-3H3,(H,16,17). The van der Waals surface area contributed by atoms with E-state index in [4.69, 9.17) is 0 Å². The van der Waals surface area contributed by atoms with Gasteiger partial charge in [0.15, 0.2) is 17.5 Å². The number of nitrogens with one attached hydrogen (secondary N) is 1. The van der Waals surface area contributed by atoms with Crippen molar-refractivity contribution >= 4 is 5.82 Å². The van der Waals surface area contributed by atoms with Crippen LogP contribution < -0.4 is 5.32 Å². The number of aromatic nitrogens is 3. The van der Waals surface area contributed by atoms with Crippen molar-refractivity contribution in [2.75, 3.05) is 5.32 Å². The summed E-state index contributed by atoms with van der Waals surface area (Å²) >= 11 is 0. The van der Waals surface area contributed by atoms with Crippen LogP contribution in [0.3, 0.4) is 0 Å². The Bertz CT molecular complexity index is 622. The third kappa shape index (κ3) is 2.54. The van der Waals surface area contributed by atoms with Gasteiger partial charge in [0.25, 0.3) is 5.95 Å². The van der Waals surface area contributed by atoms with Crippen LogP contribution >= 0.6 is 0 Å². The largest absolute Gasteiger partial charge is 0.363 e.